The van der Waals surface area contributed by atoms with Crippen LogP contribution in [-0.2, 0) is 0 Å². The van der Waals surface area contributed by atoms with Gasteiger partial charge in [0.25, 0.3) is 0 Å². The van der Waals surface area contributed by atoms with Crippen LogP contribution in [0.4, 0.5) is 10.1 Å². The largest absolute Gasteiger partial charge is 0.389 e. The van der Waals surface area contributed by atoms with E-state index in [9.17, 15) is 4.39 Å². The second-order valence-corrected chi connectivity index (χ2v) is 5.43. The molecule has 0 radical (unpaired) electrons. The first-order chi connectivity index (χ1) is 10.0. The highest BCUT2D eigenvalue weighted by molar-refractivity contribution is 7.80. The van der Waals surface area contributed by atoms with E-state index in [1.54, 1.807) is 6.07 Å². The number of nitrogens with two attached hydrogens (primary N) is 1. The van der Waals surface area contributed by atoms with Crippen molar-refractivity contribution in [1.82, 2.24) is 4.90 Å². The molecule has 0 bridgehead atoms. The van der Waals surface area contributed by atoms with E-state index in [4.69, 9.17) is 18.0 Å². The number of anilines is 1. The summed E-state index contributed by atoms with van der Waals surface area (Å²) in [6.45, 7) is 11.4. The van der Waals surface area contributed by atoms with Gasteiger partial charge in [-0.05, 0) is 51.2 Å². The lowest BCUT2D eigenvalue weighted by atomic mass is 10.1. The Bertz CT molecular complexity index is 461. The van der Waals surface area contributed by atoms with Crippen LogP contribution < -0.4 is 10.6 Å². The number of benzene rings is 1. The minimum atomic E-state index is -0.345. The van der Waals surface area contributed by atoms with Crippen molar-refractivity contribution in [3.8, 4) is 0 Å². The molecule has 5 heteroatoms. The summed E-state index contributed by atoms with van der Waals surface area (Å²) in [5, 5.41) is 0. The van der Waals surface area contributed by atoms with E-state index in [0.717, 1.165) is 44.8 Å². The third-order valence-electron chi connectivity index (χ3n) is 3.76. The van der Waals surface area contributed by atoms with E-state index in [2.05, 4.69) is 30.6 Å². The standard InChI is InChI=1S/C16H26FN3S/c1-4-19(5-2)10-7-11-20(6-3)13-8-9-14(16(18)21)15(17)12-13/h8-9,12H,4-7,10-11H2,1-3H3,(H2,18,21). The topological polar surface area (TPSA) is 32.5 Å². The highest BCUT2D eigenvalue weighted by atomic mass is 32.1. The molecule has 2 N–H and O–H groups in total. The minimum Gasteiger partial charge on any atom is -0.389 e. The van der Waals surface area contributed by atoms with Crippen LogP contribution in [0.3, 0.4) is 0 Å². The molecule has 1 aromatic carbocycles. The maximum Gasteiger partial charge on any atom is 0.135 e. The molecule has 0 aromatic heterocycles. The quantitative estimate of drug-likeness (QED) is 0.711. The van der Waals surface area contributed by atoms with Gasteiger partial charge in [-0.25, -0.2) is 4.39 Å². The molecule has 118 valence electrons. The molecule has 0 unspecified atom stereocenters. The van der Waals surface area contributed by atoms with Gasteiger partial charge in [-0.1, -0.05) is 26.1 Å². The summed E-state index contributed by atoms with van der Waals surface area (Å²) in [6, 6.07) is 5.08. The van der Waals surface area contributed by atoms with Crippen LogP contribution in [0.5, 0.6) is 0 Å². The molecule has 0 aliphatic rings. The van der Waals surface area contributed by atoms with E-state index in [0.29, 0.717) is 5.56 Å². The monoisotopic (exact) mass is 311 g/mol. The van der Waals surface area contributed by atoms with E-state index >= 15 is 0 Å². The predicted octanol–water partition coefficient (Wildman–Crippen LogP) is 3.02. The number of thiocarbonyl (C=S) groups is 1. The molecule has 0 amide bonds. The number of nitrogens with zero attached hydrogens (tertiary/aromatic N) is 2. The molecule has 0 fully saturated rings. The van der Waals surface area contributed by atoms with Crippen molar-refractivity contribution in [2.75, 3.05) is 37.6 Å². The summed E-state index contributed by atoms with van der Waals surface area (Å²) in [4.78, 5) is 4.67. The Balaban J connectivity index is 2.68. The predicted molar refractivity (Wildman–Crippen MR) is 92.6 cm³/mol. The van der Waals surface area contributed by atoms with Crippen molar-refractivity contribution in [3.63, 3.8) is 0 Å². The van der Waals surface area contributed by atoms with Crippen LogP contribution >= 0.6 is 12.2 Å². The van der Waals surface area contributed by atoms with E-state index < -0.39 is 0 Å². The fourth-order valence-corrected chi connectivity index (χ4v) is 2.56. The average Bonchev–Trinajstić information content (AvgIpc) is 2.47. The molecule has 0 spiro atoms. The van der Waals surface area contributed by atoms with Crippen LogP contribution in [0.15, 0.2) is 18.2 Å². The molecule has 0 aliphatic heterocycles. The van der Waals surface area contributed by atoms with Gasteiger partial charge in [0.05, 0.1) is 0 Å². The second kappa shape index (κ2) is 8.95. The summed E-state index contributed by atoms with van der Waals surface area (Å²) in [5.74, 6) is -0.345. The fourth-order valence-electron chi connectivity index (χ4n) is 2.40. The Morgan fingerprint density at radius 1 is 1.14 bits per heavy atom. The molecular weight excluding hydrogens is 285 g/mol. The number of rotatable bonds is 9. The normalized spacial score (nSPS) is 10.9. The van der Waals surface area contributed by atoms with Crippen molar-refractivity contribution in [2.45, 2.75) is 27.2 Å². The first-order valence-corrected chi connectivity index (χ1v) is 8.00. The smallest absolute Gasteiger partial charge is 0.135 e. The highest BCUT2D eigenvalue weighted by Crippen LogP contribution is 2.19. The Labute approximate surface area is 132 Å². The highest BCUT2D eigenvalue weighted by Gasteiger charge is 2.10. The third kappa shape index (κ3) is 5.25. The molecule has 0 saturated heterocycles. The molecule has 0 aliphatic carbocycles. The van der Waals surface area contributed by atoms with Crippen molar-refractivity contribution < 1.29 is 4.39 Å². The maximum atomic E-state index is 14.0. The van der Waals surface area contributed by atoms with Gasteiger partial charge >= 0.3 is 0 Å². The van der Waals surface area contributed by atoms with E-state index in [-0.39, 0.29) is 10.8 Å². The number of hydrogen-bond donors (Lipinski definition) is 1. The minimum absolute atomic E-state index is 0.101. The van der Waals surface area contributed by atoms with Gasteiger partial charge in [0.15, 0.2) is 0 Å². The van der Waals surface area contributed by atoms with E-state index in [1.807, 2.05) is 6.07 Å². The lowest BCUT2D eigenvalue weighted by Crippen LogP contribution is -2.30. The van der Waals surface area contributed by atoms with Crippen LogP contribution in [-0.4, -0.2) is 42.6 Å². The van der Waals surface area contributed by atoms with E-state index in [1.165, 1.54) is 6.07 Å². The Morgan fingerprint density at radius 3 is 2.29 bits per heavy atom. The number of hydrogen-bond acceptors (Lipinski definition) is 3. The van der Waals surface area contributed by atoms with Crippen molar-refractivity contribution in [2.24, 2.45) is 5.73 Å². The molecule has 0 saturated carbocycles. The van der Waals surface area contributed by atoms with Gasteiger partial charge < -0.3 is 15.5 Å². The number of halogens is 1. The molecular formula is C16H26FN3S. The first kappa shape index (κ1) is 17.9. The average molecular weight is 311 g/mol. The summed E-state index contributed by atoms with van der Waals surface area (Å²) >= 11 is 4.83. The molecule has 0 heterocycles. The van der Waals surface area contributed by atoms with Crippen molar-refractivity contribution >= 4 is 22.9 Å². The molecule has 1 rings (SSSR count). The van der Waals surface area contributed by atoms with Gasteiger partial charge in [-0.3, -0.25) is 0 Å². The van der Waals surface area contributed by atoms with Crippen LogP contribution in [0.1, 0.15) is 32.8 Å². The molecule has 1 aromatic rings. The van der Waals surface area contributed by atoms with Gasteiger partial charge in [0, 0.05) is 24.3 Å². The first-order valence-electron chi connectivity index (χ1n) is 7.60. The second-order valence-electron chi connectivity index (χ2n) is 4.99. The molecule has 21 heavy (non-hydrogen) atoms. The van der Waals surface area contributed by atoms with Crippen molar-refractivity contribution in [3.05, 3.63) is 29.6 Å². The van der Waals surface area contributed by atoms with Crippen LogP contribution in [0.2, 0.25) is 0 Å². The summed E-state index contributed by atoms with van der Waals surface area (Å²) in [7, 11) is 0. The van der Waals surface area contributed by atoms with Gasteiger partial charge in [0.1, 0.15) is 10.8 Å². The van der Waals surface area contributed by atoms with Crippen LogP contribution in [0.25, 0.3) is 0 Å². The SMILES string of the molecule is CCN(CC)CCCN(CC)c1ccc(C(N)=S)c(F)c1. The molecule has 3 nitrogen and oxygen atoms in total. The zero-order chi connectivity index (χ0) is 15.8. The lowest BCUT2D eigenvalue weighted by Gasteiger charge is -2.25. The summed E-state index contributed by atoms with van der Waals surface area (Å²) in [5.41, 5.74) is 6.69. The Hall–Kier alpha value is -1.20. The summed E-state index contributed by atoms with van der Waals surface area (Å²) < 4.78 is 14.0. The van der Waals surface area contributed by atoms with Crippen molar-refractivity contribution in [1.29, 1.82) is 0 Å². The maximum absolute atomic E-state index is 14.0. The Kier molecular flexibility index (Phi) is 7.61. The van der Waals surface area contributed by atoms with Gasteiger partial charge in [0.2, 0.25) is 0 Å². The zero-order valence-electron chi connectivity index (χ0n) is 13.2. The Morgan fingerprint density at radius 2 is 1.81 bits per heavy atom. The van der Waals surface area contributed by atoms with Gasteiger partial charge in [-0.2, -0.15) is 0 Å². The lowest BCUT2D eigenvalue weighted by molar-refractivity contribution is 0.301. The van der Waals surface area contributed by atoms with Gasteiger partial charge in [-0.15, -0.1) is 0 Å². The third-order valence-corrected chi connectivity index (χ3v) is 3.98. The van der Waals surface area contributed by atoms with Crippen LogP contribution in [0, 0.1) is 5.82 Å². The fraction of sp³-hybridized carbons (Fsp3) is 0.562. The summed E-state index contributed by atoms with van der Waals surface area (Å²) in [6.07, 6.45) is 1.06. The zero-order valence-corrected chi connectivity index (χ0v) is 14.0. The molecule has 0 atom stereocenters.